The van der Waals surface area contributed by atoms with Gasteiger partial charge in [-0.05, 0) is 89.7 Å². The number of methoxy groups -OCH3 is 2. The van der Waals surface area contributed by atoms with E-state index in [4.69, 9.17) is 25.5 Å². The molecule has 1 aliphatic rings. The monoisotopic (exact) mass is 463 g/mol. The van der Waals surface area contributed by atoms with Crippen LogP contribution in [-0.2, 0) is 11.3 Å². The average molecular weight is 464 g/mol. The van der Waals surface area contributed by atoms with Gasteiger partial charge in [-0.3, -0.25) is 4.79 Å². The second kappa shape index (κ2) is 9.59. The molecule has 3 aromatic rings. The first-order valence-electron chi connectivity index (χ1n) is 10.6. The van der Waals surface area contributed by atoms with Crippen LogP contribution >= 0.6 is 11.6 Å². The third kappa shape index (κ3) is 4.69. The number of benzene rings is 2. The highest BCUT2D eigenvalue weighted by molar-refractivity contribution is 6.31. The van der Waals surface area contributed by atoms with Gasteiger partial charge in [-0.1, -0.05) is 17.7 Å². The molecule has 0 bridgehead atoms. The minimum atomic E-state index is -0.0733. The Morgan fingerprint density at radius 3 is 2.61 bits per heavy atom. The lowest BCUT2D eigenvalue weighted by atomic mass is 9.99. The van der Waals surface area contributed by atoms with Crippen molar-refractivity contribution < 1.29 is 18.7 Å². The zero-order valence-corrected chi connectivity index (χ0v) is 19.9. The maximum atomic E-state index is 12.8. The Bertz CT molecular complexity index is 1260. The molecule has 0 spiro atoms. The number of rotatable bonds is 7. The fourth-order valence-corrected chi connectivity index (χ4v) is 4.29. The topological polar surface area (TPSA) is 60.7 Å². The minimum Gasteiger partial charge on any atom is -0.497 e. The van der Waals surface area contributed by atoms with E-state index in [9.17, 15) is 4.79 Å². The molecule has 1 N–H and O–H groups in total. The number of hydrogen-bond donors (Lipinski definition) is 1. The van der Waals surface area contributed by atoms with Crippen molar-refractivity contribution in [2.24, 2.45) is 0 Å². The van der Waals surface area contributed by atoms with Crippen molar-refractivity contribution in [2.75, 3.05) is 14.2 Å². The normalized spacial score (nSPS) is 13.9. The standard InChI is InChI=1S/C27H26ClNO4/c1-16-22(10-18-11-25(28)17(2)26(12-18)32-4)21-8-7-19(31-3)13-24(21)23(16)14-27(30)29-15-20-6-5-9-33-20/h5-13H,14-15H2,1-4H3,(H,29,30)/b22-10-. The van der Waals surface area contributed by atoms with Crippen LogP contribution in [0.15, 0.2) is 58.7 Å². The van der Waals surface area contributed by atoms with E-state index >= 15 is 0 Å². The van der Waals surface area contributed by atoms with Crippen molar-refractivity contribution >= 4 is 34.7 Å². The Kier molecular flexibility index (Phi) is 6.61. The number of ether oxygens (including phenoxy) is 2. The largest absolute Gasteiger partial charge is 0.497 e. The lowest BCUT2D eigenvalue weighted by Gasteiger charge is -2.10. The van der Waals surface area contributed by atoms with Crippen LogP contribution in [0.4, 0.5) is 0 Å². The number of nitrogens with one attached hydrogen (secondary N) is 1. The molecule has 0 fully saturated rings. The van der Waals surface area contributed by atoms with Gasteiger partial charge in [0.05, 0.1) is 33.4 Å². The van der Waals surface area contributed by atoms with Gasteiger partial charge in [-0.15, -0.1) is 0 Å². The number of halogens is 1. The van der Waals surface area contributed by atoms with E-state index in [0.717, 1.165) is 50.5 Å². The van der Waals surface area contributed by atoms with Crippen molar-refractivity contribution in [3.63, 3.8) is 0 Å². The zero-order chi connectivity index (χ0) is 23.5. The SMILES string of the molecule is COc1ccc2c(c1)C(CC(=O)NCc1ccco1)=C(C)/C2=C/c1cc(Cl)c(C)c(OC)c1. The minimum absolute atomic E-state index is 0.0733. The Hall–Kier alpha value is -3.44. The van der Waals surface area contributed by atoms with Crippen molar-refractivity contribution in [1.29, 1.82) is 0 Å². The Morgan fingerprint density at radius 1 is 1.09 bits per heavy atom. The predicted molar refractivity (Wildman–Crippen MR) is 131 cm³/mol. The van der Waals surface area contributed by atoms with E-state index in [1.807, 2.05) is 50.2 Å². The van der Waals surface area contributed by atoms with Crippen molar-refractivity contribution in [3.8, 4) is 11.5 Å². The van der Waals surface area contributed by atoms with Crippen LogP contribution in [0.1, 0.15) is 41.4 Å². The van der Waals surface area contributed by atoms with Crippen LogP contribution in [0.2, 0.25) is 5.02 Å². The molecule has 170 valence electrons. The number of fused-ring (bicyclic) bond motifs is 1. The molecule has 33 heavy (non-hydrogen) atoms. The van der Waals surface area contributed by atoms with Crippen LogP contribution in [0.3, 0.4) is 0 Å². The summed E-state index contributed by atoms with van der Waals surface area (Å²) in [6.45, 7) is 4.33. The van der Waals surface area contributed by atoms with Crippen molar-refractivity contribution in [3.05, 3.63) is 87.3 Å². The Balaban J connectivity index is 1.71. The molecule has 5 nitrogen and oxygen atoms in total. The van der Waals surface area contributed by atoms with Crippen molar-refractivity contribution in [1.82, 2.24) is 5.32 Å². The summed E-state index contributed by atoms with van der Waals surface area (Å²) < 4.78 is 16.2. The molecule has 1 amide bonds. The third-order valence-corrected chi connectivity index (χ3v) is 6.32. The van der Waals surface area contributed by atoms with Gasteiger partial charge in [0, 0.05) is 10.6 Å². The highest BCUT2D eigenvalue weighted by Crippen LogP contribution is 2.45. The first kappa shape index (κ1) is 22.7. The average Bonchev–Trinajstić information content (AvgIpc) is 3.42. The van der Waals surface area contributed by atoms with E-state index in [0.29, 0.717) is 17.3 Å². The second-order valence-corrected chi connectivity index (χ2v) is 8.34. The van der Waals surface area contributed by atoms with Crippen LogP contribution in [-0.4, -0.2) is 20.1 Å². The third-order valence-electron chi connectivity index (χ3n) is 5.93. The summed E-state index contributed by atoms with van der Waals surface area (Å²) in [5.74, 6) is 2.13. The maximum absolute atomic E-state index is 12.8. The molecule has 1 heterocycles. The molecule has 1 aliphatic carbocycles. The summed E-state index contributed by atoms with van der Waals surface area (Å²) in [5.41, 5.74) is 6.94. The second-order valence-electron chi connectivity index (χ2n) is 7.94. The lowest BCUT2D eigenvalue weighted by molar-refractivity contribution is -0.120. The Morgan fingerprint density at radius 2 is 1.91 bits per heavy atom. The summed E-state index contributed by atoms with van der Waals surface area (Å²) in [6.07, 6.45) is 3.93. The molecular formula is C27H26ClNO4. The number of amides is 1. The van der Waals surface area contributed by atoms with Gasteiger partial charge in [0.15, 0.2) is 0 Å². The predicted octanol–water partition coefficient (Wildman–Crippen LogP) is 6.29. The molecule has 0 radical (unpaired) electrons. The van der Waals surface area contributed by atoms with Crippen LogP contribution in [0.25, 0.3) is 17.2 Å². The molecule has 0 saturated carbocycles. The van der Waals surface area contributed by atoms with Crippen LogP contribution in [0, 0.1) is 6.92 Å². The zero-order valence-electron chi connectivity index (χ0n) is 19.1. The molecule has 2 aromatic carbocycles. The van der Waals surface area contributed by atoms with Gasteiger partial charge in [0.2, 0.25) is 5.91 Å². The molecule has 6 heteroatoms. The van der Waals surface area contributed by atoms with Gasteiger partial charge < -0.3 is 19.2 Å². The molecule has 1 aromatic heterocycles. The number of allylic oxidation sites excluding steroid dienone is 2. The van der Waals surface area contributed by atoms with Gasteiger partial charge in [0.1, 0.15) is 17.3 Å². The quantitative estimate of drug-likeness (QED) is 0.447. The maximum Gasteiger partial charge on any atom is 0.224 e. The number of carbonyl (C=O) groups excluding carboxylic acids is 1. The molecule has 0 saturated heterocycles. The molecule has 0 unspecified atom stereocenters. The lowest BCUT2D eigenvalue weighted by Crippen LogP contribution is -2.22. The Labute approximate surface area is 198 Å². The van der Waals surface area contributed by atoms with E-state index < -0.39 is 0 Å². The van der Waals surface area contributed by atoms with Crippen LogP contribution in [0.5, 0.6) is 11.5 Å². The van der Waals surface area contributed by atoms with Crippen molar-refractivity contribution in [2.45, 2.75) is 26.8 Å². The van der Waals surface area contributed by atoms with Gasteiger partial charge >= 0.3 is 0 Å². The summed E-state index contributed by atoms with van der Waals surface area (Å²) in [4.78, 5) is 12.8. The molecule has 0 aliphatic heterocycles. The van der Waals surface area contributed by atoms with Gasteiger partial charge in [-0.25, -0.2) is 0 Å². The fourth-order valence-electron chi connectivity index (χ4n) is 4.07. The number of carbonyl (C=O) groups is 1. The molecular weight excluding hydrogens is 438 g/mol. The fraction of sp³-hybridized carbons (Fsp3) is 0.222. The summed E-state index contributed by atoms with van der Waals surface area (Å²) in [5, 5.41) is 3.58. The molecule has 4 rings (SSSR count). The first-order valence-corrected chi connectivity index (χ1v) is 11.0. The number of hydrogen-bond acceptors (Lipinski definition) is 4. The highest BCUT2D eigenvalue weighted by atomic mass is 35.5. The van der Waals surface area contributed by atoms with E-state index in [1.54, 1.807) is 26.5 Å². The molecule has 0 atom stereocenters. The highest BCUT2D eigenvalue weighted by Gasteiger charge is 2.26. The summed E-state index contributed by atoms with van der Waals surface area (Å²) in [6, 6.07) is 13.5. The number of furan rings is 1. The van der Waals surface area contributed by atoms with Gasteiger partial charge in [-0.2, -0.15) is 0 Å². The summed E-state index contributed by atoms with van der Waals surface area (Å²) >= 11 is 6.44. The first-order chi connectivity index (χ1) is 15.9. The smallest absolute Gasteiger partial charge is 0.224 e. The van der Waals surface area contributed by atoms with E-state index in [1.165, 1.54) is 0 Å². The van der Waals surface area contributed by atoms with Gasteiger partial charge in [0.25, 0.3) is 0 Å². The van der Waals surface area contributed by atoms with E-state index in [2.05, 4.69) is 11.4 Å². The summed E-state index contributed by atoms with van der Waals surface area (Å²) in [7, 11) is 3.28. The van der Waals surface area contributed by atoms with Crippen LogP contribution < -0.4 is 14.8 Å². The van der Waals surface area contributed by atoms with E-state index in [-0.39, 0.29) is 12.3 Å².